The summed E-state index contributed by atoms with van der Waals surface area (Å²) >= 11 is 0. The van der Waals surface area contributed by atoms with E-state index in [-0.39, 0.29) is 0 Å². The molecule has 0 amide bonds. The third-order valence-electron chi connectivity index (χ3n) is 6.34. The summed E-state index contributed by atoms with van der Waals surface area (Å²) in [6.45, 7) is 2.29. The molecule has 0 aliphatic carbocycles. The van der Waals surface area contributed by atoms with Crippen LogP contribution in [0.15, 0.2) is 121 Å². The second kappa shape index (κ2) is 8.74. The van der Waals surface area contributed by atoms with Gasteiger partial charge in [0, 0.05) is 0 Å². The molecule has 3 heteroatoms. The standard InChI is InChI=1S/C28H26O2Si/c1-31(25-18-10-4-11-19-25,26-20-12-5-13-21-26)22-28(27(29)30,23-14-6-2-7-15-23)24-16-8-3-9-17-24/h2-21H,22H2,1H3,(H,29,30). The highest BCUT2D eigenvalue weighted by Gasteiger charge is 2.49. The first kappa shape index (κ1) is 20.8. The first-order valence-corrected chi connectivity index (χ1v) is 13.2. The van der Waals surface area contributed by atoms with Gasteiger partial charge in [0.05, 0.1) is 0 Å². The van der Waals surface area contributed by atoms with Crippen molar-refractivity contribution in [2.45, 2.75) is 18.0 Å². The molecule has 0 aliphatic heterocycles. The SMILES string of the molecule is C[Si](CC(C(=O)O)(c1ccccc1)c1ccccc1)(c1ccccc1)c1ccccc1. The predicted molar refractivity (Wildman–Crippen MR) is 130 cm³/mol. The lowest BCUT2D eigenvalue weighted by atomic mass is 9.76. The van der Waals surface area contributed by atoms with Gasteiger partial charge < -0.3 is 5.11 Å². The fourth-order valence-corrected chi connectivity index (χ4v) is 8.87. The molecule has 1 N–H and O–H groups in total. The van der Waals surface area contributed by atoms with Crippen LogP contribution >= 0.6 is 0 Å². The Bertz CT molecular complexity index is 1050. The van der Waals surface area contributed by atoms with Crippen molar-refractivity contribution < 1.29 is 9.90 Å². The van der Waals surface area contributed by atoms with Gasteiger partial charge in [-0.2, -0.15) is 0 Å². The van der Waals surface area contributed by atoms with Gasteiger partial charge in [-0.15, -0.1) is 0 Å². The molecular weight excluding hydrogens is 396 g/mol. The van der Waals surface area contributed by atoms with Crippen LogP contribution in [0, 0.1) is 0 Å². The van der Waals surface area contributed by atoms with Gasteiger partial charge in [-0.3, -0.25) is 4.79 Å². The van der Waals surface area contributed by atoms with Crippen molar-refractivity contribution in [3.8, 4) is 0 Å². The van der Waals surface area contributed by atoms with Crippen LogP contribution in [-0.4, -0.2) is 19.1 Å². The van der Waals surface area contributed by atoms with Gasteiger partial charge in [0.1, 0.15) is 13.5 Å². The average molecular weight is 423 g/mol. The minimum atomic E-state index is -2.45. The van der Waals surface area contributed by atoms with Crippen molar-refractivity contribution in [2.75, 3.05) is 0 Å². The molecule has 0 bridgehead atoms. The molecule has 0 heterocycles. The Kier molecular flexibility index (Phi) is 5.87. The maximum absolute atomic E-state index is 13.2. The number of hydrogen-bond acceptors (Lipinski definition) is 1. The van der Waals surface area contributed by atoms with E-state index in [2.05, 4.69) is 55.1 Å². The maximum atomic E-state index is 13.2. The summed E-state index contributed by atoms with van der Waals surface area (Å²) in [6.07, 6.45) is 0. The fraction of sp³-hybridized carbons (Fsp3) is 0.107. The molecule has 0 unspecified atom stereocenters. The monoisotopic (exact) mass is 422 g/mol. The van der Waals surface area contributed by atoms with Crippen LogP contribution in [0.2, 0.25) is 12.6 Å². The Morgan fingerprint density at radius 2 is 0.968 bits per heavy atom. The molecular formula is C28H26O2Si. The number of aliphatic carboxylic acids is 1. The van der Waals surface area contributed by atoms with E-state index in [1.807, 2.05) is 72.8 Å². The molecule has 0 aliphatic rings. The van der Waals surface area contributed by atoms with E-state index in [1.54, 1.807) is 0 Å². The van der Waals surface area contributed by atoms with Crippen LogP contribution < -0.4 is 10.4 Å². The molecule has 4 aromatic rings. The summed E-state index contributed by atoms with van der Waals surface area (Å²) in [5.41, 5.74) is 0.494. The second-order valence-corrected chi connectivity index (χ2v) is 12.4. The van der Waals surface area contributed by atoms with E-state index in [9.17, 15) is 9.90 Å². The predicted octanol–water partition coefficient (Wildman–Crippen LogP) is 4.95. The van der Waals surface area contributed by atoms with Crippen LogP contribution in [0.3, 0.4) is 0 Å². The van der Waals surface area contributed by atoms with E-state index >= 15 is 0 Å². The lowest BCUT2D eigenvalue weighted by molar-refractivity contribution is -0.141. The average Bonchev–Trinajstić information content (AvgIpc) is 2.84. The molecule has 154 valence electrons. The number of carbonyl (C=O) groups is 1. The molecule has 4 rings (SSSR count). The van der Waals surface area contributed by atoms with Crippen molar-refractivity contribution in [3.05, 3.63) is 132 Å². The molecule has 0 spiro atoms. The molecule has 31 heavy (non-hydrogen) atoms. The summed E-state index contributed by atoms with van der Waals surface area (Å²) in [7, 11) is -2.45. The van der Waals surface area contributed by atoms with Crippen LogP contribution in [0.1, 0.15) is 11.1 Å². The maximum Gasteiger partial charge on any atom is 0.318 e. The third kappa shape index (κ3) is 3.85. The number of carboxylic acid groups (broad SMARTS) is 1. The van der Waals surface area contributed by atoms with Crippen LogP contribution in [0.4, 0.5) is 0 Å². The molecule has 0 saturated carbocycles. The first-order chi connectivity index (χ1) is 15.1. The highest BCUT2D eigenvalue weighted by Crippen LogP contribution is 2.40. The van der Waals surface area contributed by atoms with Gasteiger partial charge in [0.2, 0.25) is 0 Å². The lowest BCUT2D eigenvalue weighted by Crippen LogP contribution is -2.60. The molecule has 0 atom stereocenters. The highest BCUT2D eigenvalue weighted by molar-refractivity contribution is 7.01. The van der Waals surface area contributed by atoms with Gasteiger partial charge >= 0.3 is 5.97 Å². The van der Waals surface area contributed by atoms with Crippen LogP contribution in [-0.2, 0) is 10.2 Å². The zero-order valence-corrected chi connectivity index (χ0v) is 18.6. The third-order valence-corrected chi connectivity index (χ3v) is 10.8. The Balaban J connectivity index is 2.00. The summed E-state index contributed by atoms with van der Waals surface area (Å²) < 4.78 is 0. The minimum absolute atomic E-state index is 0.525. The van der Waals surface area contributed by atoms with Gasteiger partial charge in [0.15, 0.2) is 0 Å². The van der Waals surface area contributed by atoms with E-state index < -0.39 is 19.5 Å². The summed E-state index contributed by atoms with van der Waals surface area (Å²) in [4.78, 5) is 13.2. The van der Waals surface area contributed by atoms with Crippen LogP contribution in [0.25, 0.3) is 0 Å². The lowest BCUT2D eigenvalue weighted by Gasteiger charge is -2.39. The summed E-state index contributed by atoms with van der Waals surface area (Å²) in [5.74, 6) is -0.810. The van der Waals surface area contributed by atoms with Crippen LogP contribution in [0.5, 0.6) is 0 Å². The molecule has 0 radical (unpaired) electrons. The Labute approximate surface area is 184 Å². The van der Waals surface area contributed by atoms with Gasteiger partial charge in [-0.05, 0) is 17.2 Å². The number of rotatable bonds is 7. The summed E-state index contributed by atoms with van der Waals surface area (Å²) in [6, 6.07) is 40.8. The molecule has 0 saturated heterocycles. The van der Waals surface area contributed by atoms with E-state index in [0.29, 0.717) is 6.04 Å². The van der Waals surface area contributed by atoms with Crippen molar-refractivity contribution in [2.24, 2.45) is 0 Å². The first-order valence-electron chi connectivity index (χ1n) is 10.5. The van der Waals surface area contributed by atoms with Crippen molar-refractivity contribution in [3.63, 3.8) is 0 Å². The zero-order valence-electron chi connectivity index (χ0n) is 17.6. The van der Waals surface area contributed by atoms with Gasteiger partial charge in [-0.1, -0.05) is 138 Å². The van der Waals surface area contributed by atoms with E-state index in [1.165, 1.54) is 10.4 Å². The molecule has 0 aromatic heterocycles. The Hall–Kier alpha value is -3.43. The largest absolute Gasteiger partial charge is 0.480 e. The highest BCUT2D eigenvalue weighted by atomic mass is 28.3. The van der Waals surface area contributed by atoms with Gasteiger partial charge in [-0.25, -0.2) is 0 Å². The van der Waals surface area contributed by atoms with Gasteiger partial charge in [0.25, 0.3) is 0 Å². The molecule has 0 fully saturated rings. The fourth-order valence-electron chi connectivity index (χ4n) is 4.65. The minimum Gasteiger partial charge on any atom is -0.480 e. The van der Waals surface area contributed by atoms with E-state index in [4.69, 9.17) is 0 Å². The summed E-state index contributed by atoms with van der Waals surface area (Å²) in [5, 5.41) is 13.3. The molecule has 4 aromatic carbocycles. The topological polar surface area (TPSA) is 37.3 Å². The number of carboxylic acids is 1. The van der Waals surface area contributed by atoms with Crippen molar-refractivity contribution >= 4 is 24.4 Å². The number of hydrogen-bond donors (Lipinski definition) is 1. The second-order valence-electron chi connectivity index (χ2n) is 8.18. The molecule has 2 nitrogen and oxygen atoms in total. The Morgan fingerprint density at radius 3 is 1.29 bits per heavy atom. The van der Waals surface area contributed by atoms with E-state index in [0.717, 1.165) is 11.1 Å². The Morgan fingerprint density at radius 1 is 0.645 bits per heavy atom. The smallest absolute Gasteiger partial charge is 0.318 e. The van der Waals surface area contributed by atoms with Crippen molar-refractivity contribution in [1.29, 1.82) is 0 Å². The zero-order chi connectivity index (χ0) is 21.7. The van der Waals surface area contributed by atoms with Crippen molar-refractivity contribution in [1.82, 2.24) is 0 Å². The quantitative estimate of drug-likeness (QED) is 0.428. The number of benzene rings is 4. The normalized spacial score (nSPS) is 11.8.